The van der Waals surface area contributed by atoms with Crippen molar-refractivity contribution >= 4 is 9.84 Å². The Labute approximate surface area is 116 Å². The molecule has 0 spiro atoms. The van der Waals surface area contributed by atoms with Crippen molar-refractivity contribution in [1.82, 2.24) is 0 Å². The molecule has 0 saturated heterocycles. The van der Waals surface area contributed by atoms with E-state index >= 15 is 0 Å². The van der Waals surface area contributed by atoms with Crippen LogP contribution in [-0.2, 0) is 9.84 Å². The summed E-state index contributed by atoms with van der Waals surface area (Å²) >= 11 is 0. The first-order valence-corrected chi connectivity index (χ1v) is 8.09. The molecule has 0 aliphatic heterocycles. The van der Waals surface area contributed by atoms with E-state index in [-0.39, 0.29) is 0 Å². The van der Waals surface area contributed by atoms with Gasteiger partial charge in [-0.25, -0.2) is 17.2 Å². The van der Waals surface area contributed by atoms with Gasteiger partial charge in [0, 0.05) is 6.26 Å². The summed E-state index contributed by atoms with van der Waals surface area (Å²) in [5.41, 5.74) is -1.19. The van der Waals surface area contributed by atoms with Crippen LogP contribution < -0.4 is 4.74 Å². The van der Waals surface area contributed by atoms with Crippen molar-refractivity contribution in [3.63, 3.8) is 0 Å². The predicted octanol–water partition coefficient (Wildman–Crippen LogP) is 2.05. The number of halogens is 2. The monoisotopic (exact) mass is 306 g/mol. The molecule has 1 aromatic carbocycles. The van der Waals surface area contributed by atoms with E-state index < -0.39 is 43.8 Å². The Morgan fingerprint density at radius 1 is 1.35 bits per heavy atom. The van der Waals surface area contributed by atoms with Crippen molar-refractivity contribution in [2.45, 2.75) is 42.8 Å². The fraction of sp³-hybridized carbons (Fsp3) is 0.538. The quantitative estimate of drug-likeness (QED) is 0.928. The van der Waals surface area contributed by atoms with Crippen LogP contribution in [0.2, 0.25) is 0 Å². The zero-order valence-corrected chi connectivity index (χ0v) is 12.0. The minimum Gasteiger partial charge on any atom is -0.483 e. The van der Waals surface area contributed by atoms with Gasteiger partial charge in [-0.3, -0.25) is 0 Å². The molecule has 2 rings (SSSR count). The van der Waals surface area contributed by atoms with E-state index in [1.54, 1.807) is 0 Å². The normalized spacial score (nSPS) is 26.8. The van der Waals surface area contributed by atoms with Gasteiger partial charge in [-0.1, -0.05) is 0 Å². The maximum Gasteiger partial charge on any atom is 0.182 e. The summed E-state index contributed by atoms with van der Waals surface area (Å²) in [5.74, 6) is -2.68. The average Bonchev–Trinajstić information content (AvgIpc) is 2.62. The maximum absolute atomic E-state index is 13.8. The van der Waals surface area contributed by atoms with Gasteiger partial charge in [-0.15, -0.1) is 0 Å². The lowest BCUT2D eigenvalue weighted by molar-refractivity contribution is -0.0280. The van der Waals surface area contributed by atoms with Crippen molar-refractivity contribution in [1.29, 1.82) is 0 Å². The van der Waals surface area contributed by atoms with Crippen molar-refractivity contribution in [2.75, 3.05) is 6.26 Å². The molecule has 20 heavy (non-hydrogen) atoms. The Kier molecular flexibility index (Phi) is 3.77. The maximum atomic E-state index is 13.8. The molecule has 4 nitrogen and oxygen atoms in total. The largest absolute Gasteiger partial charge is 0.483 e. The molecule has 1 fully saturated rings. The summed E-state index contributed by atoms with van der Waals surface area (Å²) in [7, 11) is -3.99. The molecule has 0 radical (unpaired) electrons. The lowest BCUT2D eigenvalue weighted by Crippen LogP contribution is -2.38. The average molecular weight is 306 g/mol. The van der Waals surface area contributed by atoms with Crippen LogP contribution in [0.3, 0.4) is 0 Å². The predicted molar refractivity (Wildman–Crippen MR) is 68.4 cm³/mol. The third kappa shape index (κ3) is 2.78. The Balaban J connectivity index is 2.49. The van der Waals surface area contributed by atoms with Crippen LogP contribution in [0, 0.1) is 11.6 Å². The zero-order chi connectivity index (χ0) is 15.1. The summed E-state index contributed by atoms with van der Waals surface area (Å²) in [4.78, 5) is -0.805. The fourth-order valence-electron chi connectivity index (χ4n) is 2.42. The molecule has 1 N–H and O–H groups in total. The van der Waals surface area contributed by atoms with Crippen LogP contribution in [0.15, 0.2) is 17.0 Å². The van der Waals surface area contributed by atoms with Gasteiger partial charge in [-0.05, 0) is 38.3 Å². The highest BCUT2D eigenvalue weighted by atomic mass is 32.2. The van der Waals surface area contributed by atoms with Gasteiger partial charge in [0.25, 0.3) is 0 Å². The first-order chi connectivity index (χ1) is 9.13. The molecule has 1 aromatic rings. The molecular formula is C13H16F2O4S. The molecule has 7 heteroatoms. The van der Waals surface area contributed by atoms with Gasteiger partial charge in [0.05, 0.1) is 5.60 Å². The molecule has 0 amide bonds. The van der Waals surface area contributed by atoms with E-state index in [2.05, 4.69) is 0 Å². The van der Waals surface area contributed by atoms with Crippen LogP contribution in [-0.4, -0.2) is 31.5 Å². The van der Waals surface area contributed by atoms with E-state index in [9.17, 15) is 22.3 Å². The molecule has 1 aliphatic rings. The second kappa shape index (κ2) is 4.96. The highest BCUT2D eigenvalue weighted by molar-refractivity contribution is 7.90. The van der Waals surface area contributed by atoms with Crippen molar-refractivity contribution < 1.29 is 27.0 Å². The second-order valence-corrected chi connectivity index (χ2v) is 7.27. The number of rotatable bonds is 3. The number of hydrogen-bond acceptors (Lipinski definition) is 4. The molecule has 2 atom stereocenters. The van der Waals surface area contributed by atoms with Gasteiger partial charge < -0.3 is 9.84 Å². The summed E-state index contributed by atoms with van der Waals surface area (Å²) in [6, 6.07) is 1.55. The molecule has 0 aromatic heterocycles. The standard InChI is InChI=1S/C13H16F2O4S/c1-13(16)7-3-4-10(13)19-11-8(14)5-6-9(15)12(11)20(2,17)18/h5-6,10,16H,3-4,7H2,1-2H3. The van der Waals surface area contributed by atoms with Crippen molar-refractivity contribution in [3.05, 3.63) is 23.8 Å². The van der Waals surface area contributed by atoms with Crippen LogP contribution in [0.25, 0.3) is 0 Å². The van der Waals surface area contributed by atoms with Gasteiger partial charge in [0.15, 0.2) is 21.4 Å². The molecule has 0 heterocycles. The third-order valence-electron chi connectivity index (χ3n) is 3.49. The second-order valence-electron chi connectivity index (χ2n) is 5.32. The molecule has 2 unspecified atom stereocenters. The van der Waals surface area contributed by atoms with E-state index in [0.717, 1.165) is 18.4 Å². The summed E-state index contributed by atoms with van der Waals surface area (Å²) < 4.78 is 56.1. The number of benzene rings is 1. The minimum absolute atomic E-state index is 0.451. The third-order valence-corrected chi connectivity index (χ3v) is 4.61. The van der Waals surface area contributed by atoms with Crippen molar-refractivity contribution in [2.24, 2.45) is 0 Å². The van der Waals surface area contributed by atoms with Gasteiger partial charge in [-0.2, -0.15) is 0 Å². The SMILES string of the molecule is CC1(O)CCCC1Oc1c(F)ccc(F)c1S(C)(=O)=O. The van der Waals surface area contributed by atoms with Gasteiger partial charge >= 0.3 is 0 Å². The van der Waals surface area contributed by atoms with Crippen molar-refractivity contribution in [3.8, 4) is 5.75 Å². The van der Waals surface area contributed by atoms with E-state index in [0.29, 0.717) is 19.3 Å². The zero-order valence-electron chi connectivity index (χ0n) is 11.2. The first kappa shape index (κ1) is 15.2. The number of hydrogen-bond donors (Lipinski definition) is 1. The van der Waals surface area contributed by atoms with Crippen LogP contribution in [0.4, 0.5) is 8.78 Å². The Morgan fingerprint density at radius 3 is 2.45 bits per heavy atom. The summed E-state index contributed by atoms with van der Waals surface area (Å²) in [6.45, 7) is 1.53. The van der Waals surface area contributed by atoms with Crippen LogP contribution >= 0.6 is 0 Å². The summed E-state index contributed by atoms with van der Waals surface area (Å²) in [6.07, 6.45) is 1.60. The lowest BCUT2D eigenvalue weighted by atomic mass is 10.0. The fourth-order valence-corrected chi connectivity index (χ4v) is 3.32. The van der Waals surface area contributed by atoms with Crippen LogP contribution in [0.5, 0.6) is 5.75 Å². The molecule has 1 aliphatic carbocycles. The van der Waals surface area contributed by atoms with Gasteiger partial charge in [0.1, 0.15) is 16.8 Å². The number of sulfone groups is 1. The Morgan fingerprint density at radius 2 is 1.95 bits per heavy atom. The molecule has 0 bridgehead atoms. The molecule has 112 valence electrons. The summed E-state index contributed by atoms with van der Waals surface area (Å²) in [5, 5.41) is 10.1. The van der Waals surface area contributed by atoms with E-state index in [1.165, 1.54) is 6.92 Å². The van der Waals surface area contributed by atoms with Gasteiger partial charge in [0.2, 0.25) is 0 Å². The topological polar surface area (TPSA) is 63.6 Å². The molecule has 1 saturated carbocycles. The highest BCUT2D eigenvalue weighted by Crippen LogP contribution is 2.37. The van der Waals surface area contributed by atoms with E-state index in [1.807, 2.05) is 0 Å². The Bertz CT molecular complexity index is 626. The van der Waals surface area contributed by atoms with Crippen LogP contribution in [0.1, 0.15) is 26.2 Å². The smallest absolute Gasteiger partial charge is 0.182 e. The first-order valence-electron chi connectivity index (χ1n) is 6.20. The lowest BCUT2D eigenvalue weighted by Gasteiger charge is -2.27. The highest BCUT2D eigenvalue weighted by Gasteiger charge is 2.40. The van der Waals surface area contributed by atoms with E-state index in [4.69, 9.17) is 4.74 Å². The number of aliphatic hydroxyl groups is 1. The molecular weight excluding hydrogens is 290 g/mol. The number of ether oxygens (including phenoxy) is 1. The minimum atomic E-state index is -3.99. The Hall–Kier alpha value is -1.21.